The predicted molar refractivity (Wildman–Crippen MR) is 110 cm³/mol. The van der Waals surface area contributed by atoms with E-state index in [9.17, 15) is 13.6 Å². The minimum Gasteiger partial charge on any atom is -1.00 e. The van der Waals surface area contributed by atoms with Crippen molar-refractivity contribution in [2.75, 3.05) is 0 Å². The van der Waals surface area contributed by atoms with Crippen molar-refractivity contribution in [2.24, 2.45) is 11.7 Å². The molecule has 4 nitrogen and oxygen atoms in total. The highest BCUT2D eigenvalue weighted by Gasteiger charge is 2.51. The summed E-state index contributed by atoms with van der Waals surface area (Å²) in [7, 11) is 0. The number of benzene rings is 2. The number of aromatic nitrogens is 2. The van der Waals surface area contributed by atoms with Gasteiger partial charge in [-0.05, 0) is 36.3 Å². The lowest BCUT2D eigenvalue weighted by Gasteiger charge is -2.37. The molecule has 0 spiro atoms. The summed E-state index contributed by atoms with van der Waals surface area (Å²) < 4.78 is 29.3. The zero-order valence-corrected chi connectivity index (χ0v) is 18.9. The molecule has 4 rings (SSSR count). The summed E-state index contributed by atoms with van der Waals surface area (Å²) in [5.74, 6) is 0.101. The molecule has 1 amide bonds. The third kappa shape index (κ3) is 3.91. The van der Waals surface area contributed by atoms with Crippen molar-refractivity contribution in [3.63, 3.8) is 0 Å². The molecule has 1 aliphatic rings. The fourth-order valence-electron chi connectivity index (χ4n) is 5.21. The minimum absolute atomic E-state index is 0. The van der Waals surface area contributed by atoms with Crippen molar-refractivity contribution in [3.05, 3.63) is 90.0 Å². The van der Waals surface area contributed by atoms with Gasteiger partial charge in [0.15, 0.2) is 0 Å². The summed E-state index contributed by atoms with van der Waals surface area (Å²) in [4.78, 5) is 13.1. The van der Waals surface area contributed by atoms with Crippen LogP contribution in [0.25, 0.3) is 0 Å². The van der Waals surface area contributed by atoms with Crippen LogP contribution in [0.5, 0.6) is 0 Å². The molecule has 2 aromatic carbocycles. The van der Waals surface area contributed by atoms with Crippen LogP contribution in [0.1, 0.15) is 48.8 Å². The normalized spacial score (nSPS) is 18.7. The summed E-state index contributed by atoms with van der Waals surface area (Å²) in [6.45, 7) is -0.864. The Labute approximate surface area is 191 Å². The lowest BCUT2D eigenvalue weighted by molar-refractivity contribution is -0.777. The molecule has 0 bridgehead atoms. The van der Waals surface area contributed by atoms with E-state index in [1.54, 1.807) is 13.1 Å². The van der Waals surface area contributed by atoms with Crippen molar-refractivity contribution in [3.8, 4) is 0 Å². The van der Waals surface area contributed by atoms with Gasteiger partial charge in [-0.15, -0.1) is 0 Å². The molecule has 1 aliphatic carbocycles. The lowest BCUT2D eigenvalue weighted by Crippen LogP contribution is -3.00. The Morgan fingerprint density at radius 2 is 1.61 bits per heavy atom. The molecule has 1 aromatic heterocycles. The molecule has 164 valence electrons. The van der Waals surface area contributed by atoms with Gasteiger partial charge in [-0.3, -0.25) is 4.79 Å². The Morgan fingerprint density at radius 1 is 1.06 bits per heavy atom. The molecule has 0 unspecified atom stereocenters. The highest BCUT2D eigenvalue weighted by Crippen LogP contribution is 2.49. The second kappa shape index (κ2) is 9.30. The van der Waals surface area contributed by atoms with Gasteiger partial charge in [-0.1, -0.05) is 60.7 Å². The van der Waals surface area contributed by atoms with E-state index in [4.69, 9.17) is 5.73 Å². The Bertz CT molecular complexity index is 984. The number of nitrogens with two attached hydrogens (primary N) is 1. The third-order valence-corrected chi connectivity index (χ3v) is 6.60. The van der Waals surface area contributed by atoms with Crippen LogP contribution < -0.4 is 27.3 Å². The summed E-state index contributed by atoms with van der Waals surface area (Å²) in [6.07, 6.45) is 5.40. The lowest BCUT2D eigenvalue weighted by atomic mass is 9.64. The van der Waals surface area contributed by atoms with Crippen LogP contribution in [0.3, 0.4) is 0 Å². The molecule has 2 atom stereocenters. The molecule has 0 aliphatic heterocycles. The number of primary amides is 1. The van der Waals surface area contributed by atoms with Crippen molar-refractivity contribution in [1.29, 1.82) is 0 Å². The van der Waals surface area contributed by atoms with Gasteiger partial charge in [0.25, 0.3) is 5.82 Å². The molecule has 31 heavy (non-hydrogen) atoms. The maximum absolute atomic E-state index is 13.2. The summed E-state index contributed by atoms with van der Waals surface area (Å²) in [5, 5.41) is 0. The van der Waals surface area contributed by atoms with Gasteiger partial charge in [0.2, 0.25) is 5.91 Å². The monoisotopic (exact) mass is 489 g/mol. The Morgan fingerprint density at radius 3 is 2.06 bits per heavy atom. The Hall–Kier alpha value is -2.54. The molecule has 0 radical (unpaired) electrons. The topological polar surface area (TPSA) is 51.9 Å². The Kier molecular flexibility index (Phi) is 6.94. The number of rotatable bonds is 6. The smallest absolute Gasteiger partial charge is 0.387 e. The summed E-state index contributed by atoms with van der Waals surface area (Å²) >= 11 is 0. The fourth-order valence-corrected chi connectivity index (χ4v) is 5.21. The van der Waals surface area contributed by atoms with Crippen LogP contribution in [0.15, 0.2) is 73.1 Å². The largest absolute Gasteiger partial charge is 1.00 e. The quantitative estimate of drug-likeness (QED) is 0.521. The van der Waals surface area contributed by atoms with Gasteiger partial charge >= 0.3 is 6.55 Å². The first-order valence-corrected chi connectivity index (χ1v) is 10.2. The van der Waals surface area contributed by atoms with E-state index in [0.29, 0.717) is 12.2 Å². The molecule has 1 fully saturated rings. The van der Waals surface area contributed by atoms with Crippen LogP contribution in [0.4, 0.5) is 8.78 Å². The van der Waals surface area contributed by atoms with E-state index < -0.39 is 12.0 Å². The zero-order valence-electron chi connectivity index (χ0n) is 17.3. The third-order valence-electron chi connectivity index (χ3n) is 6.60. The number of carbonyl (C=O) groups excluding carboxylic acids is 1. The van der Waals surface area contributed by atoms with Gasteiger partial charge in [-0.2, -0.15) is 13.3 Å². The number of hydrogen-bond acceptors (Lipinski definition) is 1. The van der Waals surface area contributed by atoms with E-state index in [1.165, 1.54) is 6.20 Å². The minimum atomic E-state index is -2.57. The van der Waals surface area contributed by atoms with Crippen LogP contribution >= 0.6 is 0 Å². The molecular weight excluding hydrogens is 464 g/mol. The van der Waals surface area contributed by atoms with Crippen molar-refractivity contribution < 1.29 is 35.1 Å². The number of alkyl halides is 2. The van der Waals surface area contributed by atoms with Gasteiger partial charge < -0.3 is 22.7 Å². The maximum Gasteiger partial charge on any atom is 0.387 e. The standard InChI is InChI=1S/C24H25F2N3O.BrH/c1-17-28(14-15-29(17)23(25)26)21-13-12-20(16-21)24(22(27)30,18-8-4-2-5-9-18)19-10-6-3-7-11-19;/h2-11,14-15,20-21,23H,12-13,16H2,1H3,(H-,27,30);1H/t20-,21+;/m0./s1. The summed E-state index contributed by atoms with van der Waals surface area (Å²) in [6, 6.07) is 19.4. The highest BCUT2D eigenvalue weighted by atomic mass is 79.9. The fraction of sp³-hybridized carbons (Fsp3) is 0.333. The highest BCUT2D eigenvalue weighted by molar-refractivity contribution is 5.91. The SMILES string of the molecule is Cc1n([C@@H]2CC[C@H](C(C(N)=O)(c3ccccc3)c3ccccc3)C2)cc[n+]1C(F)F.[Br-]. The van der Waals surface area contributed by atoms with E-state index in [2.05, 4.69) is 0 Å². The Balaban J connectivity index is 0.00000272. The number of carbonyl (C=O) groups is 1. The van der Waals surface area contributed by atoms with E-state index in [-0.39, 0.29) is 34.8 Å². The maximum atomic E-state index is 13.2. The summed E-state index contributed by atoms with van der Waals surface area (Å²) in [5.41, 5.74) is 6.92. The van der Waals surface area contributed by atoms with Crippen molar-refractivity contribution >= 4 is 5.91 Å². The second-order valence-electron chi connectivity index (χ2n) is 8.01. The zero-order chi connectivity index (χ0) is 21.3. The first-order valence-electron chi connectivity index (χ1n) is 10.2. The molecule has 7 heteroatoms. The van der Waals surface area contributed by atoms with Gasteiger partial charge in [-0.25, -0.2) is 4.57 Å². The van der Waals surface area contributed by atoms with Crippen LogP contribution in [-0.2, 0) is 10.2 Å². The van der Waals surface area contributed by atoms with Crippen LogP contribution in [-0.4, -0.2) is 10.5 Å². The van der Waals surface area contributed by atoms with E-state index >= 15 is 0 Å². The average molecular weight is 490 g/mol. The van der Waals surface area contributed by atoms with Gasteiger partial charge in [0, 0.05) is 6.92 Å². The molecule has 0 saturated heterocycles. The van der Waals surface area contributed by atoms with E-state index in [1.807, 2.05) is 65.2 Å². The van der Waals surface area contributed by atoms with Crippen LogP contribution in [0.2, 0.25) is 0 Å². The number of hydrogen-bond donors (Lipinski definition) is 1. The van der Waals surface area contributed by atoms with Gasteiger partial charge in [0.1, 0.15) is 23.9 Å². The first kappa shape index (κ1) is 23.1. The van der Waals surface area contributed by atoms with Crippen molar-refractivity contribution in [1.82, 2.24) is 4.57 Å². The van der Waals surface area contributed by atoms with Crippen LogP contribution in [0, 0.1) is 12.8 Å². The van der Waals surface area contributed by atoms with Gasteiger partial charge in [0.05, 0.1) is 0 Å². The number of amides is 1. The average Bonchev–Trinajstić information content (AvgIpc) is 3.37. The molecular formula is C24H26BrF2N3O. The second-order valence-corrected chi connectivity index (χ2v) is 8.01. The predicted octanol–water partition coefficient (Wildman–Crippen LogP) is 1.30. The number of nitrogens with zero attached hydrogens (tertiary/aromatic N) is 2. The van der Waals surface area contributed by atoms with Crippen molar-refractivity contribution in [2.45, 2.75) is 44.2 Å². The van der Waals surface area contributed by atoms with E-state index in [0.717, 1.165) is 28.5 Å². The molecule has 1 heterocycles. The first-order chi connectivity index (χ1) is 14.5. The number of halogens is 3. The number of imidazole rings is 1. The molecule has 2 N–H and O–H groups in total. The molecule has 3 aromatic rings. The molecule has 1 saturated carbocycles.